The second kappa shape index (κ2) is 4.87. The number of ether oxygens (including phenoxy) is 3. The summed E-state index contributed by atoms with van der Waals surface area (Å²) in [5.74, 6) is 0.526. The normalized spacial score (nSPS) is 37.8. The first-order valence-electron chi connectivity index (χ1n) is 6.82. The molecule has 1 heterocycles. The van der Waals surface area contributed by atoms with Gasteiger partial charge in [0.25, 0.3) is 0 Å². The molecule has 0 unspecified atom stereocenters. The molecule has 1 aliphatic heterocycles. The van der Waals surface area contributed by atoms with Gasteiger partial charge in [0.2, 0.25) is 0 Å². The van der Waals surface area contributed by atoms with E-state index in [9.17, 15) is 0 Å². The molecule has 1 aliphatic carbocycles. The molecule has 0 aromatic heterocycles. The van der Waals surface area contributed by atoms with Gasteiger partial charge in [-0.2, -0.15) is 0 Å². The monoisotopic (exact) mass is 242 g/mol. The van der Waals surface area contributed by atoms with Crippen LogP contribution >= 0.6 is 0 Å². The maximum absolute atomic E-state index is 6.09. The zero-order valence-electron chi connectivity index (χ0n) is 11.7. The third kappa shape index (κ3) is 3.21. The summed E-state index contributed by atoms with van der Waals surface area (Å²) in [6.45, 7) is 11.2. The topological polar surface area (TPSA) is 27.7 Å². The molecule has 100 valence electrons. The van der Waals surface area contributed by atoms with E-state index in [0.29, 0.717) is 5.92 Å². The van der Waals surface area contributed by atoms with Gasteiger partial charge in [-0.05, 0) is 47.5 Å². The Kier molecular flexibility index (Phi) is 3.81. The molecule has 0 spiro atoms. The molecule has 0 N–H and O–H groups in total. The molecular weight excluding hydrogens is 216 g/mol. The number of hydrogen-bond acceptors (Lipinski definition) is 3. The highest BCUT2D eigenvalue weighted by molar-refractivity contribution is 4.96. The Balaban J connectivity index is 1.92. The first-order valence-corrected chi connectivity index (χ1v) is 6.82. The second-order valence-corrected chi connectivity index (χ2v) is 6.53. The standard InChI is InChI=1S/C14H26O3/c1-9(2)16-11-7-6-10-12(8-15-13(10)11)17-14(3,4)5/h9-13H,6-8H2,1-5H3/t10-,11+,12-,13+/m1/s1. The summed E-state index contributed by atoms with van der Waals surface area (Å²) in [6.07, 6.45) is 3.34. The third-order valence-corrected chi connectivity index (χ3v) is 3.46. The van der Waals surface area contributed by atoms with Crippen molar-refractivity contribution in [1.29, 1.82) is 0 Å². The summed E-state index contributed by atoms with van der Waals surface area (Å²) in [6, 6.07) is 0. The lowest BCUT2D eigenvalue weighted by atomic mass is 10.0. The van der Waals surface area contributed by atoms with Gasteiger partial charge in [-0.1, -0.05) is 0 Å². The molecule has 2 fully saturated rings. The van der Waals surface area contributed by atoms with Crippen LogP contribution < -0.4 is 0 Å². The fraction of sp³-hybridized carbons (Fsp3) is 1.00. The fourth-order valence-corrected chi connectivity index (χ4v) is 2.99. The van der Waals surface area contributed by atoms with Crippen LogP contribution in [0.3, 0.4) is 0 Å². The zero-order chi connectivity index (χ0) is 12.6. The van der Waals surface area contributed by atoms with Crippen molar-refractivity contribution in [2.24, 2.45) is 5.92 Å². The van der Waals surface area contributed by atoms with Crippen molar-refractivity contribution < 1.29 is 14.2 Å². The van der Waals surface area contributed by atoms with E-state index in [0.717, 1.165) is 13.0 Å². The lowest BCUT2D eigenvalue weighted by molar-refractivity contribution is -0.0780. The molecule has 2 rings (SSSR count). The lowest BCUT2D eigenvalue weighted by Crippen LogP contribution is -2.34. The van der Waals surface area contributed by atoms with Gasteiger partial charge < -0.3 is 14.2 Å². The lowest BCUT2D eigenvalue weighted by Gasteiger charge is -2.27. The summed E-state index contributed by atoms with van der Waals surface area (Å²) >= 11 is 0. The van der Waals surface area contributed by atoms with E-state index in [1.54, 1.807) is 0 Å². The van der Waals surface area contributed by atoms with Crippen molar-refractivity contribution >= 4 is 0 Å². The van der Waals surface area contributed by atoms with E-state index in [4.69, 9.17) is 14.2 Å². The van der Waals surface area contributed by atoms with E-state index in [1.807, 2.05) is 0 Å². The summed E-state index contributed by atoms with van der Waals surface area (Å²) in [7, 11) is 0. The molecule has 0 amide bonds. The average Bonchev–Trinajstić information content (AvgIpc) is 2.68. The van der Waals surface area contributed by atoms with Gasteiger partial charge in [0.15, 0.2) is 0 Å². The van der Waals surface area contributed by atoms with Gasteiger partial charge in [0, 0.05) is 5.92 Å². The van der Waals surface area contributed by atoms with E-state index in [-0.39, 0.29) is 30.0 Å². The molecule has 0 radical (unpaired) electrons. The predicted octanol–water partition coefficient (Wildman–Crippen LogP) is 2.77. The summed E-state index contributed by atoms with van der Waals surface area (Å²) in [5.41, 5.74) is -0.0834. The van der Waals surface area contributed by atoms with E-state index >= 15 is 0 Å². The highest BCUT2D eigenvalue weighted by Gasteiger charge is 2.48. The van der Waals surface area contributed by atoms with Crippen LogP contribution in [-0.2, 0) is 14.2 Å². The van der Waals surface area contributed by atoms with Gasteiger partial charge >= 0.3 is 0 Å². The molecule has 2 aliphatic rings. The minimum Gasteiger partial charge on any atom is -0.373 e. The van der Waals surface area contributed by atoms with Gasteiger partial charge in [-0.25, -0.2) is 0 Å². The van der Waals surface area contributed by atoms with Crippen molar-refractivity contribution in [2.75, 3.05) is 6.61 Å². The predicted molar refractivity (Wildman–Crippen MR) is 67.1 cm³/mol. The SMILES string of the molecule is CC(C)O[C@H]1CC[C@H]2[C@@H]1OC[C@H]2OC(C)(C)C. The van der Waals surface area contributed by atoms with Crippen molar-refractivity contribution in [2.45, 2.75) is 77.5 Å². The van der Waals surface area contributed by atoms with Crippen molar-refractivity contribution in [3.05, 3.63) is 0 Å². The fourth-order valence-electron chi connectivity index (χ4n) is 2.99. The molecule has 1 saturated heterocycles. The molecule has 0 bridgehead atoms. The highest BCUT2D eigenvalue weighted by Crippen LogP contribution is 2.40. The average molecular weight is 242 g/mol. The number of rotatable bonds is 3. The van der Waals surface area contributed by atoms with E-state index in [2.05, 4.69) is 34.6 Å². The van der Waals surface area contributed by atoms with E-state index in [1.165, 1.54) is 6.42 Å². The molecular formula is C14H26O3. The molecule has 3 nitrogen and oxygen atoms in total. The summed E-state index contributed by atoms with van der Waals surface area (Å²) in [5, 5.41) is 0. The smallest absolute Gasteiger partial charge is 0.0891 e. The molecule has 17 heavy (non-hydrogen) atoms. The Bertz CT molecular complexity index is 257. The molecule has 0 aromatic rings. The van der Waals surface area contributed by atoms with Crippen molar-refractivity contribution in [1.82, 2.24) is 0 Å². The second-order valence-electron chi connectivity index (χ2n) is 6.53. The van der Waals surface area contributed by atoms with Crippen molar-refractivity contribution in [3.8, 4) is 0 Å². The van der Waals surface area contributed by atoms with Crippen LogP contribution in [0.25, 0.3) is 0 Å². The Hall–Kier alpha value is -0.120. The van der Waals surface area contributed by atoms with Gasteiger partial charge in [-0.3, -0.25) is 0 Å². The Labute approximate surface area is 105 Å². The Morgan fingerprint density at radius 3 is 2.41 bits per heavy atom. The van der Waals surface area contributed by atoms with Crippen LogP contribution in [-0.4, -0.2) is 36.6 Å². The number of hydrogen-bond donors (Lipinski definition) is 0. The highest BCUT2D eigenvalue weighted by atomic mass is 16.6. The largest absolute Gasteiger partial charge is 0.373 e. The first-order chi connectivity index (χ1) is 7.87. The molecule has 4 atom stereocenters. The summed E-state index contributed by atoms with van der Waals surface area (Å²) < 4.78 is 17.9. The van der Waals surface area contributed by atoms with Gasteiger partial charge in [0.1, 0.15) is 0 Å². The van der Waals surface area contributed by atoms with Crippen LogP contribution in [0.2, 0.25) is 0 Å². The van der Waals surface area contributed by atoms with Crippen LogP contribution in [0.1, 0.15) is 47.5 Å². The van der Waals surface area contributed by atoms with Crippen LogP contribution in [0.15, 0.2) is 0 Å². The van der Waals surface area contributed by atoms with Gasteiger partial charge in [-0.15, -0.1) is 0 Å². The van der Waals surface area contributed by atoms with Crippen LogP contribution in [0, 0.1) is 5.92 Å². The van der Waals surface area contributed by atoms with Crippen molar-refractivity contribution in [3.63, 3.8) is 0 Å². The van der Waals surface area contributed by atoms with E-state index < -0.39 is 0 Å². The quantitative estimate of drug-likeness (QED) is 0.761. The number of fused-ring (bicyclic) bond motifs is 1. The van der Waals surface area contributed by atoms with Crippen LogP contribution in [0.4, 0.5) is 0 Å². The third-order valence-electron chi connectivity index (χ3n) is 3.46. The molecule has 1 saturated carbocycles. The maximum atomic E-state index is 6.09. The Morgan fingerprint density at radius 2 is 1.82 bits per heavy atom. The minimum atomic E-state index is -0.0834. The Morgan fingerprint density at radius 1 is 1.12 bits per heavy atom. The summed E-state index contributed by atoms with van der Waals surface area (Å²) in [4.78, 5) is 0. The first kappa shape index (κ1) is 13.3. The van der Waals surface area contributed by atoms with Gasteiger partial charge in [0.05, 0.1) is 36.6 Å². The minimum absolute atomic E-state index is 0.0834. The molecule has 3 heteroatoms. The zero-order valence-corrected chi connectivity index (χ0v) is 11.7. The maximum Gasteiger partial charge on any atom is 0.0891 e. The van der Waals surface area contributed by atoms with Crippen LogP contribution in [0.5, 0.6) is 0 Å². The molecule has 0 aromatic carbocycles.